The third-order valence-corrected chi connectivity index (χ3v) is 4.98. The first-order chi connectivity index (χ1) is 14.5. The summed E-state index contributed by atoms with van der Waals surface area (Å²) in [5, 5.41) is 6.96. The van der Waals surface area contributed by atoms with Gasteiger partial charge in [0.2, 0.25) is 0 Å². The van der Waals surface area contributed by atoms with Gasteiger partial charge in [-0.15, -0.1) is 0 Å². The van der Waals surface area contributed by atoms with Crippen LogP contribution in [0.5, 0.6) is 0 Å². The summed E-state index contributed by atoms with van der Waals surface area (Å²) in [6, 6.07) is 9.40. The van der Waals surface area contributed by atoms with Gasteiger partial charge in [-0.1, -0.05) is 6.07 Å². The van der Waals surface area contributed by atoms with Crippen LogP contribution in [0, 0.1) is 20.8 Å². The zero-order chi connectivity index (χ0) is 22.9. The van der Waals surface area contributed by atoms with Gasteiger partial charge >= 0.3 is 6.18 Å². The number of nitrogens with one attached hydrogen (secondary N) is 2. The summed E-state index contributed by atoms with van der Waals surface area (Å²) in [7, 11) is 0. The van der Waals surface area contributed by atoms with Crippen LogP contribution in [-0.4, -0.2) is 21.4 Å². The molecule has 0 aliphatic rings. The van der Waals surface area contributed by atoms with Crippen LogP contribution in [0.4, 0.5) is 13.2 Å². The molecule has 1 heterocycles. The third kappa shape index (κ3) is 4.60. The molecule has 3 aromatic rings. The zero-order valence-electron chi connectivity index (χ0n) is 17.4. The Morgan fingerprint density at radius 3 is 2.26 bits per heavy atom. The summed E-state index contributed by atoms with van der Waals surface area (Å²) in [4.78, 5) is 25.1. The maximum Gasteiger partial charge on any atom is 0.416 e. The van der Waals surface area contributed by atoms with Gasteiger partial charge in [0, 0.05) is 11.3 Å². The lowest BCUT2D eigenvalue weighted by atomic mass is 10.1. The number of hydrogen-bond acceptors (Lipinski definition) is 3. The number of H-pyrrole nitrogens is 1. The molecule has 162 valence electrons. The Balaban J connectivity index is 1.83. The topological polar surface area (TPSA) is 79.2 Å². The molecule has 3 rings (SSSR count). The second-order valence-corrected chi connectivity index (χ2v) is 7.23. The van der Waals surface area contributed by atoms with E-state index in [0.717, 1.165) is 35.4 Å². The fourth-order valence-electron chi connectivity index (χ4n) is 3.08. The first-order valence-corrected chi connectivity index (χ1v) is 9.40. The summed E-state index contributed by atoms with van der Waals surface area (Å²) in [5.41, 5.74) is 5.05. The quantitative estimate of drug-likeness (QED) is 0.479. The molecule has 0 fully saturated rings. The number of nitrogens with zero attached hydrogens (tertiary/aromatic N) is 2. The number of hydrazone groups is 1. The molecule has 2 aromatic carbocycles. The Labute approximate surface area is 176 Å². The van der Waals surface area contributed by atoms with Gasteiger partial charge < -0.3 is 0 Å². The lowest BCUT2D eigenvalue weighted by Crippen LogP contribution is -2.23. The first-order valence-electron chi connectivity index (χ1n) is 9.40. The highest BCUT2D eigenvalue weighted by Crippen LogP contribution is 2.29. The summed E-state index contributed by atoms with van der Waals surface area (Å²) < 4.78 is 39.3. The molecule has 0 saturated heterocycles. The van der Waals surface area contributed by atoms with Crippen LogP contribution in [0.15, 0.2) is 52.4 Å². The second-order valence-electron chi connectivity index (χ2n) is 7.23. The molecular formula is C22H21F3N4O2. The molecule has 0 saturated carbocycles. The number of carbonyl (C=O) groups is 1. The predicted molar refractivity (Wildman–Crippen MR) is 112 cm³/mol. The molecule has 0 bridgehead atoms. The van der Waals surface area contributed by atoms with Crippen LogP contribution in [0.3, 0.4) is 0 Å². The van der Waals surface area contributed by atoms with Crippen molar-refractivity contribution in [2.24, 2.45) is 5.10 Å². The van der Waals surface area contributed by atoms with Gasteiger partial charge in [0.1, 0.15) is 0 Å². The third-order valence-electron chi connectivity index (χ3n) is 4.98. The Morgan fingerprint density at radius 1 is 1.03 bits per heavy atom. The summed E-state index contributed by atoms with van der Waals surface area (Å²) >= 11 is 0. The predicted octanol–water partition coefficient (Wildman–Crippen LogP) is 4.26. The number of alkyl halides is 3. The average molecular weight is 430 g/mol. The van der Waals surface area contributed by atoms with E-state index in [4.69, 9.17) is 0 Å². The summed E-state index contributed by atoms with van der Waals surface area (Å²) in [5.74, 6) is -0.684. The number of aromatic amines is 1. The molecule has 2 N–H and O–H groups in total. The van der Waals surface area contributed by atoms with E-state index < -0.39 is 17.6 Å². The van der Waals surface area contributed by atoms with Gasteiger partial charge in [-0.25, -0.2) is 10.1 Å². The van der Waals surface area contributed by atoms with E-state index >= 15 is 0 Å². The van der Waals surface area contributed by atoms with Crippen molar-refractivity contribution in [3.05, 3.63) is 86.3 Å². The largest absolute Gasteiger partial charge is 0.416 e. The van der Waals surface area contributed by atoms with Crippen LogP contribution in [0.2, 0.25) is 0 Å². The van der Waals surface area contributed by atoms with Crippen LogP contribution >= 0.6 is 0 Å². The van der Waals surface area contributed by atoms with E-state index in [0.29, 0.717) is 16.9 Å². The van der Waals surface area contributed by atoms with Gasteiger partial charge in [-0.2, -0.15) is 18.3 Å². The van der Waals surface area contributed by atoms with E-state index in [1.165, 1.54) is 4.68 Å². The Bertz CT molecular complexity index is 1220. The molecule has 6 nitrogen and oxygen atoms in total. The SMILES string of the molecule is C/C(=N\NC(=O)c1ccc(C(F)(F)F)cc1)c1c(C)[nH]n(-c2ccc(C)c(C)c2)c1=O. The highest BCUT2D eigenvalue weighted by atomic mass is 19.4. The zero-order valence-corrected chi connectivity index (χ0v) is 17.4. The van der Waals surface area contributed by atoms with Gasteiger partial charge in [0.05, 0.1) is 22.5 Å². The number of benzene rings is 2. The summed E-state index contributed by atoms with van der Waals surface area (Å²) in [6.45, 7) is 7.20. The maximum atomic E-state index is 12.9. The molecule has 9 heteroatoms. The highest BCUT2D eigenvalue weighted by Gasteiger charge is 2.30. The average Bonchev–Trinajstić information content (AvgIpc) is 3.01. The van der Waals surface area contributed by atoms with E-state index in [9.17, 15) is 22.8 Å². The van der Waals surface area contributed by atoms with Gasteiger partial charge in [0.15, 0.2) is 0 Å². The molecule has 31 heavy (non-hydrogen) atoms. The van der Waals surface area contributed by atoms with Crippen molar-refractivity contribution in [2.75, 3.05) is 0 Å². The van der Waals surface area contributed by atoms with Crippen molar-refractivity contribution in [1.29, 1.82) is 0 Å². The monoisotopic (exact) mass is 430 g/mol. The number of aryl methyl sites for hydroxylation is 3. The van der Waals surface area contributed by atoms with E-state index in [-0.39, 0.29) is 16.8 Å². The molecule has 0 unspecified atom stereocenters. The Morgan fingerprint density at radius 2 is 1.68 bits per heavy atom. The van der Waals surface area contributed by atoms with Crippen molar-refractivity contribution in [2.45, 2.75) is 33.9 Å². The molecular weight excluding hydrogens is 409 g/mol. The van der Waals surface area contributed by atoms with Gasteiger partial charge in [-0.05, 0) is 75.2 Å². The second kappa shape index (κ2) is 8.25. The Hall–Kier alpha value is -3.62. The Kier molecular flexibility index (Phi) is 5.88. The fraction of sp³-hybridized carbons (Fsp3) is 0.227. The van der Waals surface area contributed by atoms with Crippen molar-refractivity contribution < 1.29 is 18.0 Å². The number of aromatic nitrogens is 2. The van der Waals surface area contributed by atoms with Crippen LogP contribution in [0.1, 0.15) is 45.2 Å². The number of halogens is 3. The summed E-state index contributed by atoms with van der Waals surface area (Å²) in [6.07, 6.45) is -4.48. The van der Waals surface area contributed by atoms with Crippen molar-refractivity contribution in [3.63, 3.8) is 0 Å². The number of hydrogen-bond donors (Lipinski definition) is 2. The van der Waals surface area contributed by atoms with E-state index in [1.54, 1.807) is 13.8 Å². The van der Waals surface area contributed by atoms with Crippen LogP contribution in [-0.2, 0) is 6.18 Å². The first kappa shape index (κ1) is 22.1. The fourth-order valence-corrected chi connectivity index (χ4v) is 3.08. The maximum absolute atomic E-state index is 12.9. The standard InChI is InChI=1S/C22H21F3N4O2/c1-12-5-10-18(11-13(12)2)29-21(31)19(15(4)28-29)14(3)26-27-20(30)16-6-8-17(9-7-16)22(23,24)25/h5-11,28H,1-4H3,(H,27,30)/b26-14+. The molecule has 1 aromatic heterocycles. The van der Waals surface area contributed by atoms with Crippen molar-refractivity contribution >= 4 is 11.6 Å². The molecule has 1 amide bonds. The number of rotatable bonds is 4. The van der Waals surface area contributed by atoms with E-state index in [2.05, 4.69) is 15.6 Å². The lowest BCUT2D eigenvalue weighted by molar-refractivity contribution is -0.137. The van der Waals surface area contributed by atoms with Gasteiger partial charge in [-0.3, -0.25) is 14.7 Å². The number of carbonyl (C=O) groups excluding carboxylic acids is 1. The normalized spacial score (nSPS) is 12.2. The molecule has 0 spiro atoms. The van der Waals surface area contributed by atoms with E-state index in [1.807, 2.05) is 32.0 Å². The molecule has 0 aliphatic heterocycles. The smallest absolute Gasteiger partial charge is 0.295 e. The molecule has 0 radical (unpaired) electrons. The van der Waals surface area contributed by atoms with Crippen molar-refractivity contribution in [3.8, 4) is 5.69 Å². The minimum Gasteiger partial charge on any atom is -0.295 e. The highest BCUT2D eigenvalue weighted by molar-refractivity contribution is 6.01. The minimum atomic E-state index is -4.48. The van der Waals surface area contributed by atoms with Gasteiger partial charge in [0.25, 0.3) is 11.5 Å². The number of amides is 1. The van der Waals surface area contributed by atoms with Crippen molar-refractivity contribution in [1.82, 2.24) is 15.2 Å². The molecule has 0 atom stereocenters. The van der Waals surface area contributed by atoms with Crippen LogP contribution in [0.25, 0.3) is 5.69 Å². The minimum absolute atomic E-state index is 0.0166. The lowest BCUT2D eigenvalue weighted by Gasteiger charge is -2.07. The molecule has 0 aliphatic carbocycles. The van der Waals surface area contributed by atoms with Crippen LogP contribution < -0.4 is 11.0 Å².